The van der Waals surface area contributed by atoms with Crippen molar-refractivity contribution in [1.29, 1.82) is 0 Å². The lowest BCUT2D eigenvalue weighted by Crippen LogP contribution is -2.41. The van der Waals surface area contributed by atoms with Gasteiger partial charge in [0.2, 0.25) is 5.91 Å². The Morgan fingerprint density at radius 2 is 2.00 bits per heavy atom. The normalized spacial score (nSPS) is 13.2. The molecule has 5 nitrogen and oxygen atoms in total. The standard InChI is InChI=1S/C10H19NO4S/c1-7(12)11-8(9(13)14)6-16-5-4-10(2,3)15/h8,15H,4-6H2,1-3H3,(H,11,12)(H,13,14)/t8-/m0/s1. The average molecular weight is 249 g/mol. The average Bonchev–Trinajstić information content (AvgIpc) is 2.07. The summed E-state index contributed by atoms with van der Waals surface area (Å²) in [5.74, 6) is -0.417. The number of carbonyl (C=O) groups is 2. The maximum atomic E-state index is 10.7. The minimum atomic E-state index is -1.04. The van der Waals surface area contributed by atoms with E-state index in [1.54, 1.807) is 13.8 Å². The first-order chi connectivity index (χ1) is 7.22. The van der Waals surface area contributed by atoms with Crippen molar-refractivity contribution < 1.29 is 19.8 Å². The molecule has 0 bridgehead atoms. The fraction of sp³-hybridized carbons (Fsp3) is 0.800. The number of carbonyl (C=O) groups excluding carboxylic acids is 1. The third kappa shape index (κ3) is 8.55. The Labute approximate surface area is 99.6 Å². The van der Waals surface area contributed by atoms with E-state index in [2.05, 4.69) is 5.32 Å². The van der Waals surface area contributed by atoms with E-state index >= 15 is 0 Å². The largest absolute Gasteiger partial charge is 0.480 e. The highest BCUT2D eigenvalue weighted by atomic mass is 32.2. The molecular weight excluding hydrogens is 230 g/mol. The lowest BCUT2D eigenvalue weighted by Gasteiger charge is -2.17. The van der Waals surface area contributed by atoms with Crippen LogP contribution in [0, 0.1) is 0 Å². The van der Waals surface area contributed by atoms with Crippen molar-refractivity contribution in [3.63, 3.8) is 0 Å². The summed E-state index contributed by atoms with van der Waals surface area (Å²) in [5.41, 5.74) is -0.736. The zero-order valence-corrected chi connectivity index (χ0v) is 10.6. The van der Waals surface area contributed by atoms with Gasteiger partial charge in [-0.3, -0.25) is 4.79 Å². The number of hydrogen-bond acceptors (Lipinski definition) is 4. The first-order valence-electron chi connectivity index (χ1n) is 5.02. The van der Waals surface area contributed by atoms with Crippen LogP contribution >= 0.6 is 11.8 Å². The van der Waals surface area contributed by atoms with Gasteiger partial charge < -0.3 is 15.5 Å². The van der Waals surface area contributed by atoms with Crippen molar-refractivity contribution in [1.82, 2.24) is 5.32 Å². The molecule has 3 N–H and O–H groups in total. The van der Waals surface area contributed by atoms with Crippen molar-refractivity contribution in [3.05, 3.63) is 0 Å². The molecule has 0 unspecified atom stereocenters. The van der Waals surface area contributed by atoms with Crippen molar-refractivity contribution in [2.45, 2.75) is 38.8 Å². The van der Waals surface area contributed by atoms with E-state index in [0.717, 1.165) is 0 Å². The number of amides is 1. The van der Waals surface area contributed by atoms with Gasteiger partial charge in [0.1, 0.15) is 6.04 Å². The third-order valence-corrected chi connectivity index (χ3v) is 2.88. The van der Waals surface area contributed by atoms with Crippen molar-refractivity contribution in [3.8, 4) is 0 Å². The minimum Gasteiger partial charge on any atom is -0.480 e. The van der Waals surface area contributed by atoms with E-state index in [0.29, 0.717) is 17.9 Å². The van der Waals surface area contributed by atoms with Gasteiger partial charge in [-0.1, -0.05) is 0 Å². The zero-order chi connectivity index (χ0) is 12.8. The van der Waals surface area contributed by atoms with Crippen LogP contribution in [0.1, 0.15) is 27.2 Å². The number of carboxylic acids is 1. The molecule has 0 aromatic heterocycles. The van der Waals surface area contributed by atoms with Crippen LogP contribution in [0.2, 0.25) is 0 Å². The molecule has 94 valence electrons. The summed E-state index contributed by atoms with van der Waals surface area (Å²) >= 11 is 1.40. The lowest BCUT2D eigenvalue weighted by molar-refractivity contribution is -0.140. The maximum absolute atomic E-state index is 10.7. The monoisotopic (exact) mass is 249 g/mol. The summed E-state index contributed by atoms with van der Waals surface area (Å²) in [6.07, 6.45) is 0.587. The molecule has 0 aliphatic carbocycles. The number of hydrogen-bond donors (Lipinski definition) is 3. The van der Waals surface area contributed by atoms with Crippen molar-refractivity contribution in [2.75, 3.05) is 11.5 Å². The topological polar surface area (TPSA) is 86.6 Å². The molecule has 1 amide bonds. The Balaban J connectivity index is 3.86. The number of aliphatic carboxylic acids is 1. The summed E-state index contributed by atoms with van der Waals surface area (Å²) in [7, 11) is 0. The smallest absolute Gasteiger partial charge is 0.327 e. The summed E-state index contributed by atoms with van der Waals surface area (Å²) in [6.45, 7) is 4.70. The Hall–Kier alpha value is -0.750. The number of rotatable bonds is 7. The second kappa shape index (κ2) is 6.75. The Morgan fingerprint density at radius 3 is 2.38 bits per heavy atom. The Bertz CT molecular complexity index is 250. The molecule has 1 atom stereocenters. The first-order valence-corrected chi connectivity index (χ1v) is 6.18. The molecule has 0 saturated carbocycles. The molecule has 0 aromatic rings. The van der Waals surface area contributed by atoms with Crippen LogP contribution in [0.4, 0.5) is 0 Å². The lowest BCUT2D eigenvalue weighted by atomic mass is 10.1. The zero-order valence-electron chi connectivity index (χ0n) is 9.82. The van der Waals surface area contributed by atoms with Crippen LogP contribution in [0.3, 0.4) is 0 Å². The van der Waals surface area contributed by atoms with Gasteiger partial charge in [0, 0.05) is 12.7 Å². The van der Waals surface area contributed by atoms with E-state index in [9.17, 15) is 14.7 Å². The van der Waals surface area contributed by atoms with Crippen LogP contribution in [0.5, 0.6) is 0 Å². The first kappa shape index (κ1) is 15.2. The van der Waals surface area contributed by atoms with Gasteiger partial charge in [0.25, 0.3) is 0 Å². The van der Waals surface area contributed by atoms with Crippen LogP contribution in [-0.2, 0) is 9.59 Å². The fourth-order valence-electron chi connectivity index (χ4n) is 0.943. The Kier molecular flexibility index (Phi) is 6.43. The molecule has 16 heavy (non-hydrogen) atoms. The van der Waals surface area contributed by atoms with E-state index in [-0.39, 0.29) is 5.91 Å². The van der Waals surface area contributed by atoms with Gasteiger partial charge in [-0.15, -0.1) is 0 Å². The molecule has 6 heteroatoms. The highest BCUT2D eigenvalue weighted by Crippen LogP contribution is 2.13. The molecule has 0 fully saturated rings. The molecule has 0 radical (unpaired) electrons. The van der Waals surface area contributed by atoms with E-state index in [1.807, 2.05) is 0 Å². The van der Waals surface area contributed by atoms with Crippen LogP contribution in [-0.4, -0.2) is 45.2 Å². The third-order valence-electron chi connectivity index (χ3n) is 1.82. The molecule has 0 aromatic carbocycles. The van der Waals surface area contributed by atoms with Crippen LogP contribution < -0.4 is 5.32 Å². The minimum absolute atomic E-state index is 0.311. The summed E-state index contributed by atoms with van der Waals surface area (Å²) < 4.78 is 0. The summed E-state index contributed by atoms with van der Waals surface area (Å²) in [6, 6.07) is -0.857. The summed E-state index contributed by atoms with van der Waals surface area (Å²) in [5, 5.41) is 20.6. The molecule has 0 rings (SSSR count). The molecule has 0 heterocycles. The van der Waals surface area contributed by atoms with Gasteiger partial charge in [0.15, 0.2) is 0 Å². The highest BCUT2D eigenvalue weighted by molar-refractivity contribution is 7.99. The fourth-order valence-corrected chi connectivity index (χ4v) is 2.22. The molecule has 0 saturated heterocycles. The number of nitrogens with one attached hydrogen (secondary N) is 1. The quantitative estimate of drug-likeness (QED) is 0.571. The molecule has 0 spiro atoms. The van der Waals surface area contributed by atoms with Crippen molar-refractivity contribution in [2.24, 2.45) is 0 Å². The van der Waals surface area contributed by atoms with Gasteiger partial charge >= 0.3 is 5.97 Å². The van der Waals surface area contributed by atoms with E-state index in [4.69, 9.17) is 5.11 Å². The SMILES string of the molecule is CC(=O)N[C@@H](CSCCC(C)(C)O)C(=O)O. The highest BCUT2D eigenvalue weighted by Gasteiger charge is 2.19. The van der Waals surface area contributed by atoms with Gasteiger partial charge in [-0.2, -0.15) is 11.8 Å². The van der Waals surface area contributed by atoms with Gasteiger partial charge in [-0.25, -0.2) is 4.79 Å². The number of thioether (sulfide) groups is 1. The second-order valence-electron chi connectivity index (χ2n) is 4.23. The molecule has 0 aliphatic heterocycles. The number of aliphatic hydroxyl groups is 1. The van der Waals surface area contributed by atoms with Gasteiger partial charge in [-0.05, 0) is 26.0 Å². The van der Waals surface area contributed by atoms with Crippen LogP contribution in [0.25, 0.3) is 0 Å². The summed E-state index contributed by atoms with van der Waals surface area (Å²) in [4.78, 5) is 21.5. The number of carboxylic acid groups (broad SMARTS) is 1. The van der Waals surface area contributed by atoms with E-state index < -0.39 is 17.6 Å². The molecule has 0 aliphatic rings. The van der Waals surface area contributed by atoms with Gasteiger partial charge in [0.05, 0.1) is 5.60 Å². The van der Waals surface area contributed by atoms with E-state index in [1.165, 1.54) is 18.7 Å². The Morgan fingerprint density at radius 1 is 1.44 bits per heavy atom. The van der Waals surface area contributed by atoms with Crippen LogP contribution in [0.15, 0.2) is 0 Å². The predicted octanol–water partition coefficient (Wildman–Crippen LogP) is 0.470. The molecular formula is C10H19NO4S. The maximum Gasteiger partial charge on any atom is 0.327 e. The predicted molar refractivity (Wildman–Crippen MR) is 63.5 cm³/mol. The second-order valence-corrected chi connectivity index (χ2v) is 5.38. The van der Waals surface area contributed by atoms with Crippen molar-refractivity contribution >= 4 is 23.6 Å².